The Labute approximate surface area is 105 Å². The van der Waals surface area contributed by atoms with Crippen LogP contribution in [0.3, 0.4) is 0 Å². The van der Waals surface area contributed by atoms with Crippen LogP contribution in [0.4, 0.5) is 5.69 Å². The average Bonchev–Trinajstić information content (AvgIpc) is 2.40. The molecule has 0 saturated carbocycles. The molecule has 0 fully saturated rings. The standard InChI is InChI=1S/C14H14N2O2/c1-18-13-4-2-3-11(14(13)15)12(17)9-10-5-7-16-8-6-10/h2-8H,9,15H2,1H3. The minimum absolute atomic E-state index is 0.0300. The molecule has 0 bridgehead atoms. The van der Waals surface area contributed by atoms with Crippen molar-refractivity contribution in [2.75, 3.05) is 12.8 Å². The fourth-order valence-electron chi connectivity index (χ4n) is 1.75. The Bertz CT molecular complexity index is 553. The van der Waals surface area contributed by atoms with Crippen LogP contribution in [0.2, 0.25) is 0 Å². The predicted molar refractivity (Wildman–Crippen MR) is 69.7 cm³/mol. The fraction of sp³-hybridized carbons (Fsp3) is 0.143. The summed E-state index contributed by atoms with van der Waals surface area (Å²) in [5.41, 5.74) is 7.68. The highest BCUT2D eigenvalue weighted by atomic mass is 16.5. The molecule has 1 heterocycles. The number of aromatic nitrogens is 1. The highest BCUT2D eigenvalue weighted by Crippen LogP contribution is 2.25. The van der Waals surface area contributed by atoms with E-state index in [0.29, 0.717) is 23.4 Å². The zero-order valence-corrected chi connectivity index (χ0v) is 10.1. The molecule has 0 radical (unpaired) electrons. The van der Waals surface area contributed by atoms with E-state index < -0.39 is 0 Å². The SMILES string of the molecule is COc1cccc(C(=O)Cc2ccncc2)c1N. The number of methoxy groups -OCH3 is 1. The molecule has 18 heavy (non-hydrogen) atoms. The van der Waals surface area contributed by atoms with Gasteiger partial charge in [-0.15, -0.1) is 0 Å². The van der Waals surface area contributed by atoms with E-state index in [1.807, 2.05) is 12.1 Å². The Morgan fingerprint density at radius 2 is 2.00 bits per heavy atom. The number of hydrogen-bond acceptors (Lipinski definition) is 4. The van der Waals surface area contributed by atoms with Crippen LogP contribution in [-0.4, -0.2) is 17.9 Å². The number of ketones is 1. The zero-order valence-electron chi connectivity index (χ0n) is 10.1. The third-order valence-electron chi connectivity index (χ3n) is 2.70. The highest BCUT2D eigenvalue weighted by molar-refractivity contribution is 6.02. The van der Waals surface area contributed by atoms with Gasteiger partial charge in [0, 0.05) is 24.4 Å². The first-order valence-electron chi connectivity index (χ1n) is 5.57. The van der Waals surface area contributed by atoms with Crippen molar-refractivity contribution in [3.8, 4) is 5.75 Å². The van der Waals surface area contributed by atoms with Crippen molar-refractivity contribution in [3.63, 3.8) is 0 Å². The van der Waals surface area contributed by atoms with Gasteiger partial charge in [-0.1, -0.05) is 6.07 Å². The van der Waals surface area contributed by atoms with Crippen LogP contribution in [0.25, 0.3) is 0 Å². The Kier molecular flexibility index (Phi) is 3.57. The van der Waals surface area contributed by atoms with Crippen LogP contribution in [0.5, 0.6) is 5.75 Å². The zero-order chi connectivity index (χ0) is 13.0. The predicted octanol–water partition coefficient (Wildman–Crippen LogP) is 2.10. The normalized spacial score (nSPS) is 10.1. The summed E-state index contributed by atoms with van der Waals surface area (Å²) in [5, 5.41) is 0. The summed E-state index contributed by atoms with van der Waals surface area (Å²) in [6.45, 7) is 0. The van der Waals surface area contributed by atoms with E-state index in [2.05, 4.69) is 4.98 Å². The summed E-state index contributed by atoms with van der Waals surface area (Å²) in [6, 6.07) is 8.83. The molecule has 0 aliphatic carbocycles. The lowest BCUT2D eigenvalue weighted by atomic mass is 10.0. The molecular formula is C14H14N2O2. The van der Waals surface area contributed by atoms with Crippen molar-refractivity contribution in [3.05, 3.63) is 53.9 Å². The summed E-state index contributed by atoms with van der Waals surface area (Å²) >= 11 is 0. The average molecular weight is 242 g/mol. The maximum atomic E-state index is 12.1. The molecule has 0 atom stereocenters. The molecule has 0 aliphatic rings. The number of ether oxygens (including phenoxy) is 1. The van der Waals surface area contributed by atoms with Crippen LogP contribution < -0.4 is 10.5 Å². The summed E-state index contributed by atoms with van der Waals surface area (Å²) in [6.07, 6.45) is 3.63. The van der Waals surface area contributed by atoms with Crippen molar-refractivity contribution in [1.82, 2.24) is 4.98 Å². The Morgan fingerprint density at radius 1 is 1.28 bits per heavy atom. The molecule has 1 aromatic carbocycles. The minimum Gasteiger partial charge on any atom is -0.495 e. The molecule has 2 rings (SSSR count). The number of hydrogen-bond donors (Lipinski definition) is 1. The Hall–Kier alpha value is -2.36. The van der Waals surface area contributed by atoms with Gasteiger partial charge in [0.25, 0.3) is 0 Å². The first kappa shape index (κ1) is 12.1. The maximum Gasteiger partial charge on any atom is 0.169 e. The number of Topliss-reactive ketones (excluding diaryl/α,β-unsaturated/α-hetero) is 1. The molecule has 0 amide bonds. The second kappa shape index (κ2) is 5.31. The molecule has 0 spiro atoms. The molecule has 4 heteroatoms. The summed E-state index contributed by atoms with van der Waals surface area (Å²) < 4.78 is 5.10. The first-order valence-corrected chi connectivity index (χ1v) is 5.57. The van der Waals surface area contributed by atoms with E-state index in [0.717, 1.165) is 5.56 Å². The van der Waals surface area contributed by atoms with E-state index in [1.54, 1.807) is 30.6 Å². The van der Waals surface area contributed by atoms with Gasteiger partial charge in [-0.05, 0) is 29.8 Å². The number of carbonyl (C=O) groups is 1. The molecule has 92 valence electrons. The fourth-order valence-corrected chi connectivity index (χ4v) is 1.75. The quantitative estimate of drug-likeness (QED) is 0.658. The van der Waals surface area contributed by atoms with Gasteiger partial charge >= 0.3 is 0 Å². The summed E-state index contributed by atoms with van der Waals surface area (Å²) in [4.78, 5) is 16.1. The van der Waals surface area contributed by atoms with Crippen LogP contribution in [0, 0.1) is 0 Å². The molecule has 4 nitrogen and oxygen atoms in total. The van der Waals surface area contributed by atoms with Crippen molar-refractivity contribution in [2.24, 2.45) is 0 Å². The number of benzene rings is 1. The Balaban J connectivity index is 2.24. The summed E-state index contributed by atoms with van der Waals surface area (Å²) in [5.74, 6) is 0.494. The lowest BCUT2D eigenvalue weighted by Crippen LogP contribution is -2.08. The third kappa shape index (κ3) is 2.48. The number of anilines is 1. The number of rotatable bonds is 4. The largest absolute Gasteiger partial charge is 0.495 e. The lowest BCUT2D eigenvalue weighted by molar-refractivity contribution is 0.0993. The molecule has 0 saturated heterocycles. The van der Waals surface area contributed by atoms with E-state index in [9.17, 15) is 4.79 Å². The topological polar surface area (TPSA) is 65.2 Å². The van der Waals surface area contributed by atoms with Crippen LogP contribution in [0.15, 0.2) is 42.7 Å². The van der Waals surface area contributed by atoms with Gasteiger partial charge in [-0.2, -0.15) is 0 Å². The number of pyridine rings is 1. The van der Waals surface area contributed by atoms with Crippen LogP contribution in [0.1, 0.15) is 15.9 Å². The Morgan fingerprint density at radius 3 is 2.67 bits per heavy atom. The molecule has 0 unspecified atom stereocenters. The monoisotopic (exact) mass is 242 g/mol. The number of nitrogens with two attached hydrogens (primary N) is 1. The third-order valence-corrected chi connectivity index (χ3v) is 2.70. The van der Waals surface area contributed by atoms with Gasteiger partial charge in [0.1, 0.15) is 5.75 Å². The van der Waals surface area contributed by atoms with Gasteiger partial charge in [0.2, 0.25) is 0 Å². The lowest BCUT2D eigenvalue weighted by Gasteiger charge is -2.09. The summed E-state index contributed by atoms with van der Waals surface area (Å²) in [7, 11) is 1.53. The van der Waals surface area contributed by atoms with E-state index in [4.69, 9.17) is 10.5 Å². The molecule has 1 aromatic heterocycles. The van der Waals surface area contributed by atoms with E-state index in [-0.39, 0.29) is 5.78 Å². The van der Waals surface area contributed by atoms with Gasteiger partial charge in [-0.25, -0.2) is 0 Å². The molecule has 0 aliphatic heterocycles. The van der Waals surface area contributed by atoms with Crippen LogP contribution in [-0.2, 0) is 6.42 Å². The van der Waals surface area contributed by atoms with Gasteiger partial charge in [0.05, 0.1) is 12.8 Å². The second-order valence-corrected chi connectivity index (χ2v) is 3.88. The minimum atomic E-state index is -0.0300. The molecule has 2 N–H and O–H groups in total. The second-order valence-electron chi connectivity index (χ2n) is 3.88. The molecular weight excluding hydrogens is 228 g/mol. The number of carbonyl (C=O) groups excluding carboxylic acids is 1. The van der Waals surface area contributed by atoms with Crippen molar-refractivity contribution >= 4 is 11.5 Å². The number of para-hydroxylation sites is 1. The first-order chi connectivity index (χ1) is 8.72. The van der Waals surface area contributed by atoms with Crippen molar-refractivity contribution in [2.45, 2.75) is 6.42 Å². The van der Waals surface area contributed by atoms with Crippen molar-refractivity contribution < 1.29 is 9.53 Å². The number of nitrogen functional groups attached to an aromatic ring is 1. The van der Waals surface area contributed by atoms with Gasteiger partial charge in [-0.3, -0.25) is 9.78 Å². The van der Waals surface area contributed by atoms with Crippen molar-refractivity contribution in [1.29, 1.82) is 0 Å². The van der Waals surface area contributed by atoms with E-state index in [1.165, 1.54) is 7.11 Å². The van der Waals surface area contributed by atoms with Gasteiger partial charge in [0.15, 0.2) is 5.78 Å². The maximum absolute atomic E-state index is 12.1. The van der Waals surface area contributed by atoms with Crippen LogP contribution >= 0.6 is 0 Å². The van der Waals surface area contributed by atoms with E-state index >= 15 is 0 Å². The smallest absolute Gasteiger partial charge is 0.169 e. The number of nitrogens with zero attached hydrogens (tertiary/aromatic N) is 1. The highest BCUT2D eigenvalue weighted by Gasteiger charge is 2.13. The van der Waals surface area contributed by atoms with Gasteiger partial charge < -0.3 is 10.5 Å². The molecule has 2 aromatic rings.